The van der Waals surface area contributed by atoms with Gasteiger partial charge in [0.1, 0.15) is 0 Å². The van der Waals surface area contributed by atoms with E-state index in [9.17, 15) is 4.79 Å². The second kappa shape index (κ2) is 7.61. The molecule has 1 N–H and O–H groups in total. The van der Waals surface area contributed by atoms with Crippen LogP contribution in [0.3, 0.4) is 0 Å². The van der Waals surface area contributed by atoms with E-state index in [-0.39, 0.29) is 5.91 Å². The summed E-state index contributed by atoms with van der Waals surface area (Å²) < 4.78 is 0.961. The molecule has 0 spiro atoms. The van der Waals surface area contributed by atoms with E-state index in [4.69, 9.17) is 11.6 Å². The lowest BCUT2D eigenvalue weighted by atomic mass is 10.1. The van der Waals surface area contributed by atoms with Crippen molar-refractivity contribution < 1.29 is 4.79 Å². The van der Waals surface area contributed by atoms with Gasteiger partial charge in [0.15, 0.2) is 0 Å². The third kappa shape index (κ3) is 4.33. The summed E-state index contributed by atoms with van der Waals surface area (Å²) in [5, 5.41) is 3.63. The number of hydrogen-bond donors (Lipinski definition) is 1. The van der Waals surface area contributed by atoms with Crippen LogP contribution < -0.4 is 5.32 Å². The van der Waals surface area contributed by atoms with E-state index in [2.05, 4.69) is 39.7 Å². The maximum Gasteiger partial charge on any atom is 0.251 e. The molecule has 0 radical (unpaired) electrons. The number of nitrogens with zero attached hydrogens (tertiary/aromatic N) is 1. The van der Waals surface area contributed by atoms with Crippen LogP contribution in [0.4, 0.5) is 0 Å². The van der Waals surface area contributed by atoms with E-state index in [0.29, 0.717) is 23.2 Å². The summed E-state index contributed by atoms with van der Waals surface area (Å²) in [5.41, 5.74) is 0.626. The van der Waals surface area contributed by atoms with Gasteiger partial charge in [-0.05, 0) is 73.6 Å². The van der Waals surface area contributed by atoms with Crippen molar-refractivity contribution in [2.24, 2.45) is 0 Å². The molecular formula is C15H20ClIN2O. The molecule has 1 heterocycles. The van der Waals surface area contributed by atoms with Crippen LogP contribution in [0.5, 0.6) is 0 Å². The lowest BCUT2D eigenvalue weighted by Gasteiger charge is -2.32. The first-order valence-electron chi connectivity index (χ1n) is 7.05. The molecule has 0 aromatic heterocycles. The Bertz CT molecular complexity index is 475. The number of nitrogens with one attached hydrogen (secondary N) is 1. The zero-order chi connectivity index (χ0) is 14.5. The maximum absolute atomic E-state index is 12.1. The maximum atomic E-state index is 12.1. The molecule has 1 unspecified atom stereocenters. The van der Waals surface area contributed by atoms with Crippen molar-refractivity contribution >= 4 is 40.1 Å². The zero-order valence-corrected chi connectivity index (χ0v) is 14.6. The first-order chi connectivity index (χ1) is 9.58. The van der Waals surface area contributed by atoms with Crippen LogP contribution in [-0.2, 0) is 0 Å². The Morgan fingerprint density at radius 1 is 1.40 bits per heavy atom. The number of halogens is 2. The molecule has 2 rings (SSSR count). The molecule has 0 bridgehead atoms. The topological polar surface area (TPSA) is 32.3 Å². The summed E-state index contributed by atoms with van der Waals surface area (Å²) in [6.07, 6.45) is 3.87. The average molecular weight is 407 g/mol. The second-order valence-electron chi connectivity index (χ2n) is 5.28. The monoisotopic (exact) mass is 406 g/mol. The molecule has 1 aliphatic rings. The number of amides is 1. The molecule has 20 heavy (non-hydrogen) atoms. The fraction of sp³-hybridized carbons (Fsp3) is 0.533. The summed E-state index contributed by atoms with van der Waals surface area (Å²) in [6, 6.07) is 5.79. The van der Waals surface area contributed by atoms with Crippen LogP contribution in [0, 0.1) is 3.57 Å². The quantitative estimate of drug-likeness (QED) is 0.776. The number of rotatable bonds is 4. The molecule has 110 valence electrons. The van der Waals surface area contributed by atoms with Gasteiger partial charge >= 0.3 is 0 Å². The Hall–Kier alpha value is -0.330. The lowest BCUT2D eigenvalue weighted by Crippen LogP contribution is -2.44. The van der Waals surface area contributed by atoms with Crippen LogP contribution >= 0.6 is 34.2 Å². The highest BCUT2D eigenvalue weighted by atomic mass is 127. The van der Waals surface area contributed by atoms with Crippen molar-refractivity contribution in [1.29, 1.82) is 0 Å². The molecular weight excluding hydrogens is 387 g/mol. The van der Waals surface area contributed by atoms with Gasteiger partial charge in [0.05, 0.1) is 5.02 Å². The van der Waals surface area contributed by atoms with Crippen molar-refractivity contribution in [1.82, 2.24) is 10.2 Å². The van der Waals surface area contributed by atoms with Gasteiger partial charge in [0.2, 0.25) is 0 Å². The number of carbonyl (C=O) groups is 1. The lowest BCUT2D eigenvalue weighted by molar-refractivity contribution is 0.0930. The first-order valence-corrected chi connectivity index (χ1v) is 8.51. The van der Waals surface area contributed by atoms with Crippen molar-refractivity contribution in [2.45, 2.75) is 32.2 Å². The van der Waals surface area contributed by atoms with E-state index < -0.39 is 0 Å². The van der Waals surface area contributed by atoms with E-state index in [1.54, 1.807) is 6.07 Å². The van der Waals surface area contributed by atoms with Crippen molar-refractivity contribution in [2.75, 3.05) is 19.6 Å². The summed E-state index contributed by atoms with van der Waals surface area (Å²) in [5.74, 6) is -0.0489. The summed E-state index contributed by atoms with van der Waals surface area (Å²) >= 11 is 8.20. The smallest absolute Gasteiger partial charge is 0.251 e. The molecule has 1 saturated heterocycles. The molecule has 1 amide bonds. The average Bonchev–Trinajstić information content (AvgIpc) is 2.48. The first kappa shape index (κ1) is 16.0. The van der Waals surface area contributed by atoms with Gasteiger partial charge in [0, 0.05) is 21.7 Å². The molecule has 1 aliphatic heterocycles. The molecule has 1 aromatic carbocycles. The normalized spacial score (nSPS) is 17.8. The van der Waals surface area contributed by atoms with Gasteiger partial charge in [-0.2, -0.15) is 0 Å². The minimum Gasteiger partial charge on any atom is -0.350 e. The molecule has 1 atom stereocenters. The van der Waals surface area contributed by atoms with Gasteiger partial charge in [-0.25, -0.2) is 0 Å². The van der Waals surface area contributed by atoms with Gasteiger partial charge in [-0.15, -0.1) is 0 Å². The van der Waals surface area contributed by atoms with Crippen LogP contribution in [0.25, 0.3) is 0 Å². The highest BCUT2D eigenvalue weighted by molar-refractivity contribution is 14.1. The van der Waals surface area contributed by atoms with Crippen molar-refractivity contribution in [3.8, 4) is 0 Å². The number of carbonyl (C=O) groups excluding carboxylic acids is 1. The van der Waals surface area contributed by atoms with E-state index in [0.717, 1.165) is 16.7 Å². The Balaban J connectivity index is 1.86. The second-order valence-corrected chi connectivity index (χ2v) is 6.85. The Morgan fingerprint density at radius 2 is 2.10 bits per heavy atom. The summed E-state index contributed by atoms with van der Waals surface area (Å²) in [6.45, 7) is 5.15. The van der Waals surface area contributed by atoms with Gasteiger partial charge in [0.25, 0.3) is 5.91 Å². The summed E-state index contributed by atoms with van der Waals surface area (Å²) in [4.78, 5) is 14.6. The third-order valence-electron chi connectivity index (χ3n) is 3.75. The Labute approximate surface area is 139 Å². The minimum absolute atomic E-state index is 0.0489. The Kier molecular flexibility index (Phi) is 6.11. The SMILES string of the molecule is CC(CNC(=O)c1ccc(I)c(Cl)c1)N1CCCCC1. The van der Waals surface area contributed by atoms with E-state index >= 15 is 0 Å². The third-order valence-corrected chi connectivity index (χ3v) is 5.33. The van der Waals surface area contributed by atoms with E-state index in [1.165, 1.54) is 19.3 Å². The Morgan fingerprint density at radius 3 is 2.75 bits per heavy atom. The zero-order valence-electron chi connectivity index (χ0n) is 11.7. The molecule has 1 aromatic rings. The van der Waals surface area contributed by atoms with Gasteiger partial charge in [-0.3, -0.25) is 9.69 Å². The highest BCUT2D eigenvalue weighted by Gasteiger charge is 2.17. The number of benzene rings is 1. The number of hydrogen-bond acceptors (Lipinski definition) is 2. The number of piperidine rings is 1. The molecule has 5 heteroatoms. The fourth-order valence-corrected chi connectivity index (χ4v) is 2.98. The van der Waals surface area contributed by atoms with Crippen LogP contribution in [-0.4, -0.2) is 36.5 Å². The van der Waals surface area contributed by atoms with Gasteiger partial charge < -0.3 is 5.32 Å². The molecule has 0 saturated carbocycles. The predicted octanol–water partition coefficient (Wildman–Crippen LogP) is 3.55. The molecule has 0 aliphatic carbocycles. The molecule has 1 fully saturated rings. The number of likely N-dealkylation sites (tertiary alicyclic amines) is 1. The minimum atomic E-state index is -0.0489. The summed E-state index contributed by atoms with van der Waals surface area (Å²) in [7, 11) is 0. The molecule has 3 nitrogen and oxygen atoms in total. The van der Waals surface area contributed by atoms with E-state index in [1.807, 2.05) is 12.1 Å². The van der Waals surface area contributed by atoms with Crippen LogP contribution in [0.15, 0.2) is 18.2 Å². The van der Waals surface area contributed by atoms with Crippen molar-refractivity contribution in [3.63, 3.8) is 0 Å². The van der Waals surface area contributed by atoms with Crippen LogP contribution in [0.1, 0.15) is 36.5 Å². The standard InChI is InChI=1S/C15H20ClIN2O/c1-11(19-7-3-2-4-8-19)10-18-15(20)12-5-6-14(17)13(16)9-12/h5-6,9,11H,2-4,7-8,10H2,1H3,(H,18,20). The van der Waals surface area contributed by atoms with Crippen LogP contribution in [0.2, 0.25) is 5.02 Å². The fourth-order valence-electron chi connectivity index (χ4n) is 2.47. The van der Waals surface area contributed by atoms with Gasteiger partial charge in [-0.1, -0.05) is 18.0 Å². The predicted molar refractivity (Wildman–Crippen MR) is 91.4 cm³/mol. The largest absolute Gasteiger partial charge is 0.350 e. The highest BCUT2D eigenvalue weighted by Crippen LogP contribution is 2.19. The van der Waals surface area contributed by atoms with Crippen molar-refractivity contribution in [3.05, 3.63) is 32.4 Å².